The maximum absolute atomic E-state index is 10.3. The van der Waals surface area contributed by atoms with E-state index in [1.54, 1.807) is 24.3 Å². The lowest BCUT2D eigenvalue weighted by molar-refractivity contribution is 0.466. The van der Waals surface area contributed by atoms with Gasteiger partial charge in [0, 0.05) is 5.56 Å². The summed E-state index contributed by atoms with van der Waals surface area (Å²) >= 11 is 0. The first-order chi connectivity index (χ1) is 12.1. The smallest absolute Gasteiger partial charge is 0.145 e. The Morgan fingerprint density at radius 1 is 0.880 bits per heavy atom. The van der Waals surface area contributed by atoms with Gasteiger partial charge in [0.1, 0.15) is 17.3 Å². The summed E-state index contributed by atoms with van der Waals surface area (Å²) in [4.78, 5) is 4.73. The number of rotatable bonds is 3. The van der Waals surface area contributed by atoms with Gasteiger partial charge in [0.2, 0.25) is 0 Å². The molecule has 25 heavy (non-hydrogen) atoms. The third-order valence-electron chi connectivity index (χ3n) is 4.37. The Bertz CT molecular complexity index is 1070. The van der Waals surface area contributed by atoms with Gasteiger partial charge < -0.3 is 14.8 Å². The molecule has 0 saturated carbocycles. The van der Waals surface area contributed by atoms with Crippen molar-refractivity contribution in [1.82, 2.24) is 9.55 Å². The minimum Gasteiger partial charge on any atom is -0.508 e. The van der Waals surface area contributed by atoms with Crippen molar-refractivity contribution in [2.24, 2.45) is 0 Å². The number of imidazole rings is 1. The van der Waals surface area contributed by atoms with E-state index < -0.39 is 0 Å². The Labute approximate surface area is 145 Å². The van der Waals surface area contributed by atoms with Crippen molar-refractivity contribution in [2.75, 3.05) is 0 Å². The number of hydrogen-bond donors (Lipinski definition) is 2. The molecule has 0 aliphatic rings. The van der Waals surface area contributed by atoms with Gasteiger partial charge in [-0.05, 0) is 42.8 Å². The molecule has 0 aliphatic heterocycles. The number of phenolic OH excluding ortho intramolecular Hbond substituents is 2. The molecule has 0 radical (unpaired) electrons. The van der Waals surface area contributed by atoms with Crippen LogP contribution in [0, 0.1) is 6.92 Å². The quantitative estimate of drug-likeness (QED) is 0.582. The first-order valence-corrected chi connectivity index (χ1v) is 8.15. The summed E-state index contributed by atoms with van der Waals surface area (Å²) < 4.78 is 2.03. The first kappa shape index (κ1) is 15.3. The lowest BCUT2D eigenvalue weighted by Gasteiger charge is -2.12. The fourth-order valence-corrected chi connectivity index (χ4v) is 3.08. The highest BCUT2D eigenvalue weighted by Gasteiger charge is 2.16. The van der Waals surface area contributed by atoms with Crippen molar-refractivity contribution < 1.29 is 10.2 Å². The minimum absolute atomic E-state index is 0.188. The predicted octanol–water partition coefficient (Wildman–Crippen LogP) is 4.47. The van der Waals surface area contributed by atoms with Crippen LogP contribution in [0.5, 0.6) is 11.5 Å². The van der Waals surface area contributed by atoms with E-state index in [2.05, 4.69) is 6.07 Å². The number of phenols is 2. The lowest BCUT2D eigenvalue weighted by Crippen LogP contribution is -2.03. The SMILES string of the molecule is Cc1ccc2nc(-c3ccccc3O)n(Cc3ccccc3O)c2c1. The average molecular weight is 330 g/mol. The number of hydrogen-bond acceptors (Lipinski definition) is 3. The average Bonchev–Trinajstić information content (AvgIpc) is 2.95. The van der Waals surface area contributed by atoms with E-state index >= 15 is 0 Å². The zero-order valence-corrected chi connectivity index (χ0v) is 13.8. The molecule has 4 rings (SSSR count). The molecule has 0 aliphatic carbocycles. The first-order valence-electron chi connectivity index (χ1n) is 8.15. The lowest BCUT2D eigenvalue weighted by atomic mass is 10.1. The molecule has 124 valence electrons. The number of aryl methyl sites for hydroxylation is 1. The predicted molar refractivity (Wildman–Crippen MR) is 98.8 cm³/mol. The van der Waals surface area contributed by atoms with Crippen LogP contribution in [0.15, 0.2) is 66.7 Å². The van der Waals surface area contributed by atoms with E-state index in [-0.39, 0.29) is 11.5 Å². The van der Waals surface area contributed by atoms with E-state index in [1.165, 1.54) is 0 Å². The summed E-state index contributed by atoms with van der Waals surface area (Å²) in [5.41, 5.74) is 4.45. The number of fused-ring (bicyclic) bond motifs is 1. The molecule has 0 atom stereocenters. The van der Waals surface area contributed by atoms with Gasteiger partial charge in [-0.2, -0.15) is 0 Å². The number of benzene rings is 3. The monoisotopic (exact) mass is 330 g/mol. The molecule has 0 fully saturated rings. The Hall–Kier alpha value is -3.27. The van der Waals surface area contributed by atoms with Crippen molar-refractivity contribution in [3.05, 3.63) is 77.9 Å². The molecule has 1 aromatic heterocycles. The van der Waals surface area contributed by atoms with Crippen molar-refractivity contribution in [3.8, 4) is 22.9 Å². The second-order valence-electron chi connectivity index (χ2n) is 6.16. The standard InChI is InChI=1S/C21H18N2O2/c1-14-10-11-17-18(12-14)23(13-15-6-2-4-8-19(15)24)21(22-17)16-7-3-5-9-20(16)25/h2-12,24-25H,13H2,1H3. The summed E-state index contributed by atoms with van der Waals surface area (Å²) in [6.45, 7) is 2.51. The molecule has 4 heteroatoms. The summed E-state index contributed by atoms with van der Waals surface area (Å²) in [7, 11) is 0. The molecule has 1 heterocycles. The third-order valence-corrected chi connectivity index (χ3v) is 4.37. The molecule has 0 spiro atoms. The van der Waals surface area contributed by atoms with Crippen molar-refractivity contribution >= 4 is 11.0 Å². The number of para-hydroxylation sites is 2. The van der Waals surface area contributed by atoms with Crippen LogP contribution < -0.4 is 0 Å². The van der Waals surface area contributed by atoms with E-state index in [4.69, 9.17) is 4.98 Å². The molecular formula is C21H18N2O2. The normalized spacial score (nSPS) is 11.1. The maximum Gasteiger partial charge on any atom is 0.145 e. The molecule has 4 nitrogen and oxygen atoms in total. The molecule has 0 unspecified atom stereocenters. The molecule has 0 amide bonds. The molecular weight excluding hydrogens is 312 g/mol. The fourth-order valence-electron chi connectivity index (χ4n) is 3.08. The van der Waals surface area contributed by atoms with Gasteiger partial charge >= 0.3 is 0 Å². The Balaban J connectivity index is 1.97. The van der Waals surface area contributed by atoms with E-state index in [1.807, 2.05) is 47.9 Å². The highest BCUT2D eigenvalue weighted by molar-refractivity contribution is 5.82. The van der Waals surface area contributed by atoms with Crippen LogP contribution in [-0.2, 0) is 6.54 Å². The van der Waals surface area contributed by atoms with Crippen molar-refractivity contribution in [2.45, 2.75) is 13.5 Å². The van der Waals surface area contributed by atoms with Crippen LogP contribution in [-0.4, -0.2) is 19.8 Å². The number of aromatic hydroxyl groups is 2. The van der Waals surface area contributed by atoms with Crippen molar-refractivity contribution in [3.63, 3.8) is 0 Å². The summed E-state index contributed by atoms with van der Waals surface area (Å²) in [5.74, 6) is 1.12. The largest absolute Gasteiger partial charge is 0.508 e. The van der Waals surface area contributed by atoms with Gasteiger partial charge in [-0.1, -0.05) is 36.4 Å². The second-order valence-corrected chi connectivity index (χ2v) is 6.16. The van der Waals surface area contributed by atoms with Gasteiger partial charge in [-0.3, -0.25) is 0 Å². The van der Waals surface area contributed by atoms with Crippen LogP contribution in [0.2, 0.25) is 0 Å². The third kappa shape index (κ3) is 2.72. The van der Waals surface area contributed by atoms with E-state index in [0.717, 1.165) is 22.2 Å². The van der Waals surface area contributed by atoms with Crippen molar-refractivity contribution in [1.29, 1.82) is 0 Å². The van der Waals surface area contributed by atoms with Gasteiger partial charge in [0.15, 0.2) is 0 Å². The minimum atomic E-state index is 0.188. The van der Waals surface area contributed by atoms with Crippen LogP contribution in [0.4, 0.5) is 0 Å². The molecule has 0 bridgehead atoms. The highest BCUT2D eigenvalue weighted by atomic mass is 16.3. The number of nitrogens with zero attached hydrogens (tertiary/aromatic N) is 2. The van der Waals surface area contributed by atoms with E-state index in [9.17, 15) is 10.2 Å². The molecule has 2 N–H and O–H groups in total. The van der Waals surface area contributed by atoms with Gasteiger partial charge in [0.05, 0.1) is 23.1 Å². The van der Waals surface area contributed by atoms with Gasteiger partial charge in [-0.15, -0.1) is 0 Å². The number of aromatic nitrogens is 2. The Morgan fingerprint density at radius 2 is 1.60 bits per heavy atom. The molecule has 0 saturated heterocycles. The topological polar surface area (TPSA) is 58.3 Å². The van der Waals surface area contributed by atoms with Crippen LogP contribution in [0.1, 0.15) is 11.1 Å². The van der Waals surface area contributed by atoms with E-state index in [0.29, 0.717) is 17.9 Å². The fraction of sp³-hybridized carbons (Fsp3) is 0.0952. The molecule has 3 aromatic carbocycles. The van der Waals surface area contributed by atoms with Crippen LogP contribution in [0.3, 0.4) is 0 Å². The molecule has 4 aromatic rings. The maximum atomic E-state index is 10.3. The Kier molecular flexibility index (Phi) is 3.65. The highest BCUT2D eigenvalue weighted by Crippen LogP contribution is 2.32. The zero-order chi connectivity index (χ0) is 17.4. The zero-order valence-electron chi connectivity index (χ0n) is 13.8. The summed E-state index contributed by atoms with van der Waals surface area (Å²) in [6.07, 6.45) is 0. The van der Waals surface area contributed by atoms with Crippen LogP contribution in [0.25, 0.3) is 22.4 Å². The second kappa shape index (κ2) is 5.98. The Morgan fingerprint density at radius 3 is 2.36 bits per heavy atom. The van der Waals surface area contributed by atoms with Gasteiger partial charge in [-0.25, -0.2) is 4.98 Å². The van der Waals surface area contributed by atoms with Gasteiger partial charge in [0.25, 0.3) is 0 Å². The summed E-state index contributed by atoms with van der Waals surface area (Å²) in [5, 5.41) is 20.5. The summed E-state index contributed by atoms with van der Waals surface area (Å²) in [6, 6.07) is 20.5. The van der Waals surface area contributed by atoms with Crippen LogP contribution >= 0.6 is 0 Å².